The fourth-order valence-electron chi connectivity index (χ4n) is 3.88. The molecule has 1 saturated carbocycles. The Morgan fingerprint density at radius 3 is 2.59 bits per heavy atom. The number of nitrogens with zero attached hydrogens (tertiary/aromatic N) is 1. The van der Waals surface area contributed by atoms with Crippen LogP contribution in [0.3, 0.4) is 0 Å². The number of amides is 1. The number of benzene rings is 2. The molecule has 1 saturated heterocycles. The van der Waals surface area contributed by atoms with Crippen LogP contribution < -0.4 is 5.73 Å². The minimum atomic E-state index is -0.193. The number of piperidine rings is 1. The predicted octanol–water partition coefficient (Wildman–Crippen LogP) is 4.23. The molecule has 2 aliphatic rings. The Bertz CT molecular complexity index is 773. The number of rotatable bonds is 5. The lowest BCUT2D eigenvalue weighted by Gasteiger charge is -2.39. The number of hydrogen-bond donors (Lipinski definition) is 1. The van der Waals surface area contributed by atoms with E-state index in [2.05, 4.69) is 48.5 Å². The number of hydrogen-bond acceptors (Lipinski definition) is 3. The zero-order valence-corrected chi connectivity index (χ0v) is 15.7. The van der Waals surface area contributed by atoms with E-state index in [4.69, 9.17) is 10.5 Å². The molecule has 4 rings (SSSR count). The molecule has 1 amide bonds. The van der Waals surface area contributed by atoms with Gasteiger partial charge in [-0.3, -0.25) is 0 Å². The van der Waals surface area contributed by atoms with Crippen LogP contribution in [0.15, 0.2) is 54.6 Å². The fourth-order valence-corrected chi connectivity index (χ4v) is 3.88. The molecular weight excluding hydrogens is 336 g/mol. The molecular formula is C23H28N2O2. The molecule has 0 radical (unpaired) electrons. The zero-order valence-electron chi connectivity index (χ0n) is 15.7. The minimum Gasteiger partial charge on any atom is -0.449 e. The van der Waals surface area contributed by atoms with Gasteiger partial charge in [-0.2, -0.15) is 0 Å². The molecule has 2 N–H and O–H groups in total. The maximum Gasteiger partial charge on any atom is 0.410 e. The van der Waals surface area contributed by atoms with Gasteiger partial charge in [-0.05, 0) is 54.7 Å². The Morgan fingerprint density at radius 1 is 1.04 bits per heavy atom. The van der Waals surface area contributed by atoms with E-state index < -0.39 is 0 Å². The van der Waals surface area contributed by atoms with Crippen molar-refractivity contribution in [3.05, 3.63) is 60.2 Å². The highest BCUT2D eigenvalue weighted by Gasteiger charge is 2.34. The van der Waals surface area contributed by atoms with Gasteiger partial charge in [0, 0.05) is 12.6 Å². The third-order valence-electron chi connectivity index (χ3n) is 5.68. The second kappa shape index (κ2) is 8.13. The van der Waals surface area contributed by atoms with Crippen LogP contribution in [0.2, 0.25) is 0 Å². The van der Waals surface area contributed by atoms with Gasteiger partial charge in [-0.15, -0.1) is 0 Å². The molecule has 0 aromatic heterocycles. The van der Waals surface area contributed by atoms with Crippen LogP contribution in [0.4, 0.5) is 4.79 Å². The number of likely N-dealkylation sites (tertiary alicyclic amines) is 1. The quantitative estimate of drug-likeness (QED) is 0.863. The molecule has 0 bridgehead atoms. The molecule has 4 nitrogen and oxygen atoms in total. The highest BCUT2D eigenvalue weighted by Crippen LogP contribution is 2.30. The van der Waals surface area contributed by atoms with Gasteiger partial charge in [-0.1, -0.05) is 54.6 Å². The van der Waals surface area contributed by atoms with Crippen LogP contribution in [0.25, 0.3) is 11.1 Å². The molecule has 4 heteroatoms. The van der Waals surface area contributed by atoms with E-state index in [9.17, 15) is 4.79 Å². The van der Waals surface area contributed by atoms with Crippen molar-refractivity contribution in [3.8, 4) is 11.1 Å². The van der Waals surface area contributed by atoms with Crippen molar-refractivity contribution in [3.63, 3.8) is 0 Å². The van der Waals surface area contributed by atoms with E-state index in [1.54, 1.807) is 0 Å². The first-order chi connectivity index (χ1) is 13.2. The van der Waals surface area contributed by atoms with Crippen molar-refractivity contribution >= 4 is 6.09 Å². The third kappa shape index (κ3) is 4.51. The molecule has 2 atom stereocenters. The summed E-state index contributed by atoms with van der Waals surface area (Å²) in [4.78, 5) is 14.5. The standard InChI is InChI=1S/C23H28N2O2/c24-21-10-5-13-25(23(26)27-16-17-11-12-17)22(21)15-18-6-4-9-20(14-18)19-7-2-1-3-8-19/h1-4,6-9,14,17,21-22H,5,10-13,15-16,24H2. The van der Waals surface area contributed by atoms with Crippen LogP contribution in [0.5, 0.6) is 0 Å². The highest BCUT2D eigenvalue weighted by molar-refractivity contribution is 5.68. The topological polar surface area (TPSA) is 55.6 Å². The van der Waals surface area contributed by atoms with Crippen LogP contribution in [-0.4, -0.2) is 36.2 Å². The molecule has 0 spiro atoms. The summed E-state index contributed by atoms with van der Waals surface area (Å²) in [7, 11) is 0. The molecule has 2 aromatic carbocycles. The molecule has 27 heavy (non-hydrogen) atoms. The van der Waals surface area contributed by atoms with E-state index >= 15 is 0 Å². The highest BCUT2D eigenvalue weighted by atomic mass is 16.6. The molecule has 1 aliphatic heterocycles. The maximum absolute atomic E-state index is 12.6. The molecule has 1 aliphatic carbocycles. The summed E-state index contributed by atoms with van der Waals surface area (Å²) in [5.41, 5.74) is 10.0. The lowest BCUT2D eigenvalue weighted by Crippen LogP contribution is -2.55. The largest absolute Gasteiger partial charge is 0.449 e. The van der Waals surface area contributed by atoms with Gasteiger partial charge in [0.15, 0.2) is 0 Å². The first-order valence-electron chi connectivity index (χ1n) is 10.0. The lowest BCUT2D eigenvalue weighted by molar-refractivity contribution is 0.0639. The van der Waals surface area contributed by atoms with Crippen molar-refractivity contribution in [1.29, 1.82) is 0 Å². The first kappa shape index (κ1) is 18.1. The van der Waals surface area contributed by atoms with E-state index in [1.807, 2.05) is 11.0 Å². The van der Waals surface area contributed by atoms with Crippen molar-refractivity contribution in [2.45, 2.75) is 44.2 Å². The molecule has 1 heterocycles. The van der Waals surface area contributed by atoms with E-state index in [0.717, 1.165) is 25.8 Å². The van der Waals surface area contributed by atoms with Crippen LogP contribution in [0, 0.1) is 5.92 Å². The normalized spacial score (nSPS) is 22.5. The Balaban J connectivity index is 1.49. The Morgan fingerprint density at radius 2 is 1.81 bits per heavy atom. The summed E-state index contributed by atoms with van der Waals surface area (Å²) in [6.07, 6.45) is 4.84. The molecule has 2 fully saturated rings. The Kier molecular flexibility index (Phi) is 5.44. The maximum atomic E-state index is 12.6. The van der Waals surface area contributed by atoms with E-state index in [0.29, 0.717) is 12.5 Å². The SMILES string of the molecule is NC1CCCN(C(=O)OCC2CC2)C1Cc1cccc(-c2ccccc2)c1. The third-order valence-corrected chi connectivity index (χ3v) is 5.68. The second-order valence-corrected chi connectivity index (χ2v) is 7.86. The van der Waals surface area contributed by atoms with Crippen LogP contribution in [-0.2, 0) is 11.2 Å². The molecule has 2 aromatic rings. The van der Waals surface area contributed by atoms with Gasteiger partial charge in [0.2, 0.25) is 0 Å². The van der Waals surface area contributed by atoms with Crippen molar-refractivity contribution in [1.82, 2.24) is 4.90 Å². The van der Waals surface area contributed by atoms with E-state index in [1.165, 1.54) is 29.5 Å². The van der Waals surface area contributed by atoms with E-state index in [-0.39, 0.29) is 18.2 Å². The summed E-state index contributed by atoms with van der Waals surface area (Å²) in [5.74, 6) is 0.577. The van der Waals surface area contributed by atoms with Crippen molar-refractivity contribution < 1.29 is 9.53 Å². The fraction of sp³-hybridized carbons (Fsp3) is 0.435. The average molecular weight is 364 g/mol. The lowest BCUT2D eigenvalue weighted by atomic mass is 9.91. The van der Waals surface area contributed by atoms with Gasteiger partial charge in [0.1, 0.15) is 0 Å². The Labute approximate surface area is 161 Å². The number of carbonyl (C=O) groups excluding carboxylic acids is 1. The first-order valence-corrected chi connectivity index (χ1v) is 10.0. The summed E-state index contributed by atoms with van der Waals surface area (Å²) < 4.78 is 5.55. The summed E-state index contributed by atoms with van der Waals surface area (Å²) in [6.45, 7) is 1.29. The second-order valence-electron chi connectivity index (χ2n) is 7.86. The minimum absolute atomic E-state index is 0.00326. The monoisotopic (exact) mass is 364 g/mol. The molecule has 2 unspecified atom stereocenters. The van der Waals surface area contributed by atoms with Gasteiger partial charge >= 0.3 is 6.09 Å². The van der Waals surface area contributed by atoms with Gasteiger partial charge in [0.25, 0.3) is 0 Å². The zero-order chi connectivity index (χ0) is 18.6. The van der Waals surface area contributed by atoms with Crippen molar-refractivity contribution in [2.24, 2.45) is 11.7 Å². The van der Waals surface area contributed by atoms with Gasteiger partial charge in [0.05, 0.1) is 12.6 Å². The summed E-state index contributed by atoms with van der Waals surface area (Å²) >= 11 is 0. The smallest absolute Gasteiger partial charge is 0.410 e. The predicted molar refractivity (Wildman–Crippen MR) is 107 cm³/mol. The van der Waals surface area contributed by atoms with Crippen LogP contribution >= 0.6 is 0 Å². The average Bonchev–Trinajstić information content (AvgIpc) is 3.53. The summed E-state index contributed by atoms with van der Waals surface area (Å²) in [6, 6.07) is 18.9. The molecule has 142 valence electrons. The summed E-state index contributed by atoms with van der Waals surface area (Å²) in [5, 5.41) is 0. The Hall–Kier alpha value is -2.33. The van der Waals surface area contributed by atoms with Crippen LogP contribution in [0.1, 0.15) is 31.2 Å². The van der Waals surface area contributed by atoms with Crippen molar-refractivity contribution in [2.75, 3.05) is 13.2 Å². The van der Waals surface area contributed by atoms with Gasteiger partial charge < -0.3 is 15.4 Å². The number of carbonyl (C=O) groups is 1. The number of ether oxygens (including phenoxy) is 1. The van der Waals surface area contributed by atoms with Gasteiger partial charge in [-0.25, -0.2) is 4.79 Å². The number of nitrogens with two attached hydrogens (primary N) is 1.